The molecule has 0 unspecified atom stereocenters. The van der Waals surface area contributed by atoms with Gasteiger partial charge in [0.05, 0.1) is 124 Å². The van der Waals surface area contributed by atoms with Gasteiger partial charge in [-0.2, -0.15) is 0 Å². The zero-order valence-corrected chi connectivity index (χ0v) is 44.5. The SMILES string of the molecule is CCC1=C(CC)c2cc3[nH]c(cnc4cc(OCCOCCOCCOC)c(OCCOCCOCCOC)cc4ncc4nc(cc1n2)C(CCCn1ccnc1[N+](=O)[O-])=C4C)c(C)c3CCCn1ccnc1C. The van der Waals surface area contributed by atoms with E-state index < -0.39 is 4.92 Å². The molecule has 4 aromatic heterocycles. The van der Waals surface area contributed by atoms with E-state index in [-0.39, 0.29) is 19.2 Å². The quantitative estimate of drug-likeness (QED) is 0.0248. The summed E-state index contributed by atoms with van der Waals surface area (Å²) in [5.41, 5.74) is 12.7. The number of hydrogen-bond acceptors (Lipinski definition) is 16. The lowest BCUT2D eigenvalue weighted by Gasteiger charge is -2.14. The first-order valence-electron chi connectivity index (χ1n) is 25.8. The van der Waals surface area contributed by atoms with Gasteiger partial charge in [0.1, 0.15) is 31.4 Å². The summed E-state index contributed by atoms with van der Waals surface area (Å²) in [5.74, 6) is 1.70. The zero-order valence-electron chi connectivity index (χ0n) is 44.5. The van der Waals surface area contributed by atoms with Gasteiger partial charge >= 0.3 is 5.95 Å². The topological polar surface area (TPSA) is 220 Å². The van der Waals surface area contributed by atoms with Crippen LogP contribution in [0.15, 0.2) is 61.4 Å². The van der Waals surface area contributed by atoms with Crippen molar-refractivity contribution >= 4 is 50.3 Å². The number of aromatic amines is 1. The predicted octanol–water partition coefficient (Wildman–Crippen LogP) is 9.15. The summed E-state index contributed by atoms with van der Waals surface area (Å²) in [5, 5.41) is 11.7. The molecule has 5 aromatic rings. The molecule has 75 heavy (non-hydrogen) atoms. The molecule has 0 saturated carbocycles. The maximum absolute atomic E-state index is 11.7. The smallest absolute Gasteiger partial charge is 0.434 e. The van der Waals surface area contributed by atoms with Crippen LogP contribution in [0.25, 0.3) is 44.4 Å². The molecule has 0 fully saturated rings. The van der Waals surface area contributed by atoms with Crippen LogP contribution in [0.2, 0.25) is 0 Å². The fourth-order valence-electron chi connectivity index (χ4n) is 9.04. The van der Waals surface area contributed by atoms with Crippen LogP contribution in [-0.2, 0) is 47.9 Å². The molecule has 20 nitrogen and oxygen atoms in total. The third-order valence-corrected chi connectivity index (χ3v) is 13.0. The third-order valence-electron chi connectivity index (χ3n) is 13.0. The maximum Gasteiger partial charge on any atom is 0.434 e. The van der Waals surface area contributed by atoms with Crippen LogP contribution in [0.1, 0.15) is 92.6 Å². The molecule has 6 bridgehead atoms. The number of ether oxygens (including phenoxy) is 8. The third kappa shape index (κ3) is 15.2. The highest BCUT2D eigenvalue weighted by Crippen LogP contribution is 2.39. The normalized spacial score (nSPS) is 12.5. The Bertz CT molecular complexity index is 2960. The van der Waals surface area contributed by atoms with Gasteiger partial charge < -0.3 is 57.6 Å². The van der Waals surface area contributed by atoms with Crippen LogP contribution in [0.4, 0.5) is 5.95 Å². The second-order valence-electron chi connectivity index (χ2n) is 17.9. The van der Waals surface area contributed by atoms with E-state index in [1.807, 2.05) is 44.6 Å². The lowest BCUT2D eigenvalue weighted by Crippen LogP contribution is -2.14. The first kappa shape index (κ1) is 56.1. The molecule has 0 amide bonds. The van der Waals surface area contributed by atoms with Crippen molar-refractivity contribution in [3.8, 4) is 11.5 Å². The number of aryl methyl sites for hydroxylation is 5. The largest absolute Gasteiger partial charge is 0.487 e. The molecular weight excluding hydrogens is 961 g/mol. The summed E-state index contributed by atoms with van der Waals surface area (Å²) in [6.45, 7) is 16.5. The molecular formula is C55H72N10O10. The Morgan fingerprint density at radius 1 is 0.573 bits per heavy atom. The monoisotopic (exact) mass is 1030 g/mol. The molecule has 6 heterocycles. The van der Waals surface area contributed by atoms with Crippen LogP contribution >= 0.6 is 0 Å². The van der Waals surface area contributed by atoms with Crippen molar-refractivity contribution in [3.05, 3.63) is 111 Å². The number of H-pyrrole nitrogens is 1. The average Bonchev–Trinajstić information content (AvgIpc) is 4.24. The van der Waals surface area contributed by atoms with Crippen LogP contribution in [0, 0.1) is 24.0 Å². The van der Waals surface area contributed by atoms with E-state index in [1.165, 1.54) is 22.9 Å². The van der Waals surface area contributed by atoms with E-state index >= 15 is 0 Å². The van der Waals surface area contributed by atoms with E-state index in [4.69, 9.17) is 57.8 Å². The van der Waals surface area contributed by atoms with Crippen LogP contribution < -0.4 is 9.47 Å². The molecule has 0 atom stereocenters. The maximum atomic E-state index is 11.7. The summed E-state index contributed by atoms with van der Waals surface area (Å²) in [6, 6.07) is 7.94. The lowest BCUT2D eigenvalue weighted by atomic mass is 9.98. The molecule has 2 aliphatic heterocycles. The van der Waals surface area contributed by atoms with Gasteiger partial charge in [-0.05, 0) is 110 Å². The fraction of sp³-hybridized carbons (Fsp3) is 0.491. The van der Waals surface area contributed by atoms with Gasteiger partial charge in [-0.25, -0.2) is 19.5 Å². The number of nitro groups is 1. The number of hydrogen-bond donors (Lipinski definition) is 1. The Hall–Kier alpha value is -6.68. The van der Waals surface area contributed by atoms with Crippen molar-refractivity contribution in [2.75, 3.05) is 93.5 Å². The Balaban J connectivity index is 1.34. The van der Waals surface area contributed by atoms with E-state index in [9.17, 15) is 10.1 Å². The second kappa shape index (κ2) is 28.8. The van der Waals surface area contributed by atoms with Gasteiger partial charge in [0.15, 0.2) is 11.5 Å². The lowest BCUT2D eigenvalue weighted by molar-refractivity contribution is -0.396. The number of imidazole rings is 2. The molecule has 402 valence electrons. The number of rotatable bonds is 31. The van der Waals surface area contributed by atoms with Crippen molar-refractivity contribution in [2.24, 2.45) is 0 Å². The Labute approximate surface area is 438 Å². The molecule has 1 aromatic carbocycles. The summed E-state index contributed by atoms with van der Waals surface area (Å²) in [7, 11) is 3.27. The number of allylic oxidation sites excluding steroid dienone is 4. The number of fused-ring (bicyclic) bond motifs is 7. The van der Waals surface area contributed by atoms with Crippen molar-refractivity contribution in [3.63, 3.8) is 0 Å². The van der Waals surface area contributed by atoms with Gasteiger partial charge in [0, 0.05) is 50.8 Å². The highest BCUT2D eigenvalue weighted by Gasteiger charge is 2.23. The van der Waals surface area contributed by atoms with Crippen molar-refractivity contribution in [1.82, 2.24) is 44.0 Å². The second-order valence-corrected chi connectivity index (χ2v) is 17.9. The fourth-order valence-corrected chi connectivity index (χ4v) is 9.04. The molecule has 0 radical (unpaired) electrons. The van der Waals surface area contributed by atoms with Crippen LogP contribution in [0.5, 0.6) is 11.5 Å². The van der Waals surface area contributed by atoms with Gasteiger partial charge in [-0.15, -0.1) is 0 Å². The molecule has 0 saturated heterocycles. The Morgan fingerprint density at radius 2 is 1.09 bits per heavy atom. The molecule has 0 aliphatic carbocycles. The Morgan fingerprint density at radius 3 is 1.68 bits per heavy atom. The summed E-state index contributed by atoms with van der Waals surface area (Å²) >= 11 is 0. The minimum atomic E-state index is -0.460. The Kier molecular flexibility index (Phi) is 21.6. The number of aromatic nitrogens is 9. The molecule has 2 aliphatic rings. The summed E-state index contributed by atoms with van der Waals surface area (Å²) < 4.78 is 49.4. The number of nitrogens with one attached hydrogen (secondary N) is 1. The summed E-state index contributed by atoms with van der Waals surface area (Å²) in [4.78, 5) is 44.2. The minimum Gasteiger partial charge on any atom is -0.487 e. The van der Waals surface area contributed by atoms with E-state index in [0.717, 1.165) is 82.9 Å². The van der Waals surface area contributed by atoms with Gasteiger partial charge in [0.25, 0.3) is 0 Å². The highest BCUT2D eigenvalue weighted by molar-refractivity contribution is 5.95. The number of benzene rings is 1. The molecule has 20 heteroatoms. The summed E-state index contributed by atoms with van der Waals surface area (Å²) in [6.07, 6.45) is 15.0. The minimum absolute atomic E-state index is 0.188. The number of methoxy groups -OCH3 is 2. The van der Waals surface area contributed by atoms with Crippen molar-refractivity contribution in [2.45, 2.75) is 86.2 Å². The van der Waals surface area contributed by atoms with Gasteiger partial charge in [-0.3, -0.25) is 9.97 Å². The molecule has 1 N–H and O–H groups in total. The first-order chi connectivity index (χ1) is 36.6. The van der Waals surface area contributed by atoms with E-state index in [0.29, 0.717) is 114 Å². The predicted molar refractivity (Wildman–Crippen MR) is 287 cm³/mol. The molecule has 0 spiro atoms. The van der Waals surface area contributed by atoms with Crippen molar-refractivity contribution in [1.29, 1.82) is 0 Å². The van der Waals surface area contributed by atoms with Gasteiger partial charge in [0.2, 0.25) is 0 Å². The average molecular weight is 1030 g/mol. The van der Waals surface area contributed by atoms with E-state index in [1.54, 1.807) is 31.2 Å². The molecule has 7 rings (SSSR count). The van der Waals surface area contributed by atoms with Crippen molar-refractivity contribution < 1.29 is 42.8 Å². The van der Waals surface area contributed by atoms with Crippen LogP contribution in [0.3, 0.4) is 0 Å². The van der Waals surface area contributed by atoms with Gasteiger partial charge in [-0.1, -0.05) is 18.8 Å². The first-order valence-corrected chi connectivity index (χ1v) is 25.8. The zero-order chi connectivity index (χ0) is 52.9. The standard InChI is InChI=1S/C55H72N10O10/c1-8-41-42(9-2)46-33-48-44(13-11-17-64-19-15-57-55(64)65(66)67)39(4)52(62-48)37-59-50-35-54(75-31-29-73-27-25-71-23-21-69-7)53(74-30-28-72-26-24-70-22-20-68-6)34-49(50)58-36-51-38(3)43(47(61-51)32-45(41)60-46)12-10-16-63-18-14-56-40(63)5/h14-15,18-19,32-37,61H,8-13,16-17,20-31H2,1-7H3. The highest BCUT2D eigenvalue weighted by atomic mass is 16.6. The van der Waals surface area contributed by atoms with E-state index in [2.05, 4.69) is 52.4 Å². The number of nitrogens with zero attached hydrogens (tertiary/aromatic N) is 9. The van der Waals surface area contributed by atoms with Crippen LogP contribution in [-0.4, -0.2) is 142 Å².